The number of sulfonamides is 1. The van der Waals surface area contributed by atoms with Crippen molar-refractivity contribution in [3.05, 3.63) is 185 Å². The van der Waals surface area contributed by atoms with Gasteiger partial charge in [-0.15, -0.1) is 0 Å². The third-order valence-corrected chi connectivity index (χ3v) is 16.8. The molecule has 0 unspecified atom stereocenters. The van der Waals surface area contributed by atoms with Gasteiger partial charge in [0.1, 0.15) is 5.75 Å². The van der Waals surface area contributed by atoms with Crippen LogP contribution in [0.2, 0.25) is 0 Å². The van der Waals surface area contributed by atoms with Crippen LogP contribution in [0.4, 0.5) is 11.4 Å². The first-order valence-corrected chi connectivity index (χ1v) is 29.4. The number of anilines is 2. The quantitative estimate of drug-likeness (QED) is 0.0357. The van der Waals surface area contributed by atoms with Crippen molar-refractivity contribution in [3.63, 3.8) is 0 Å². The number of unbranched alkanes of at least 4 members (excludes halogenated alkanes) is 9. The Balaban J connectivity index is 0.000000274. The second-order valence-corrected chi connectivity index (χ2v) is 22.7. The average Bonchev–Trinajstić information content (AvgIpc) is 3.41. The molecule has 0 amide bonds. The zero-order chi connectivity index (χ0) is 53.2. The molecule has 0 bridgehead atoms. The molecule has 3 N–H and O–H groups in total. The highest BCUT2D eigenvalue weighted by molar-refractivity contribution is 7.93. The van der Waals surface area contributed by atoms with E-state index in [0.29, 0.717) is 47.7 Å². The highest BCUT2D eigenvalue weighted by Crippen LogP contribution is 2.31. The van der Waals surface area contributed by atoms with E-state index in [2.05, 4.69) is 31.3 Å². The number of sulfone groups is 1. The molecule has 11 nitrogen and oxygen atoms in total. The van der Waals surface area contributed by atoms with Gasteiger partial charge in [0, 0.05) is 24.8 Å². The fourth-order valence-corrected chi connectivity index (χ4v) is 11.7. The number of benzene rings is 6. The van der Waals surface area contributed by atoms with Crippen LogP contribution in [0.25, 0.3) is 0 Å². The summed E-state index contributed by atoms with van der Waals surface area (Å²) in [6.45, 7) is 5.59. The summed E-state index contributed by atoms with van der Waals surface area (Å²) in [6, 6.07) is 43.8. The lowest BCUT2D eigenvalue weighted by atomic mass is 10.0. The Morgan fingerprint density at radius 3 is 1.66 bits per heavy atom. The molecule has 0 saturated carbocycles. The van der Waals surface area contributed by atoms with E-state index in [1.165, 1.54) is 22.5 Å². The summed E-state index contributed by atoms with van der Waals surface area (Å²) in [5, 5.41) is 21.7. The Morgan fingerprint density at radius 1 is 0.514 bits per heavy atom. The van der Waals surface area contributed by atoms with Crippen LogP contribution in [0.3, 0.4) is 0 Å². The van der Waals surface area contributed by atoms with Crippen LogP contribution in [-0.2, 0) is 52.0 Å². The van der Waals surface area contributed by atoms with Crippen LogP contribution in [-0.4, -0.2) is 64.9 Å². The molecule has 0 saturated heterocycles. The predicted octanol–water partition coefficient (Wildman–Crippen LogP) is 13.7. The number of nitrogens with zero attached hydrogens (tertiary/aromatic N) is 1. The van der Waals surface area contributed by atoms with Gasteiger partial charge in [-0.2, -0.15) is 0 Å². The number of nitrogens with one attached hydrogen (secondary N) is 1. The van der Waals surface area contributed by atoms with E-state index in [1.54, 1.807) is 60.7 Å². The van der Waals surface area contributed by atoms with E-state index >= 15 is 0 Å². The number of carboxylic acids is 2. The molecule has 6 aromatic carbocycles. The van der Waals surface area contributed by atoms with E-state index in [4.69, 9.17) is 14.9 Å². The van der Waals surface area contributed by atoms with Gasteiger partial charge in [0.25, 0.3) is 10.0 Å². The van der Waals surface area contributed by atoms with Crippen molar-refractivity contribution in [2.24, 2.45) is 0 Å². The Morgan fingerprint density at radius 2 is 1.04 bits per heavy atom. The standard InChI is InChI=1S/C32H41NO4S.C29H35NO5S/c1-2-3-11-26-17-22-30(23-18-26)38(36,37)25-10-6-4-5-9-24-33-31-13-8-7-12-28(31)19-14-27-15-20-29(21-16-27)32(34)35;1-3-4-5-6-9-21-30(36(33,34)27-13-10-12-26(22-27)35-2)28-14-8-7-11-24(28)18-15-23-16-19-25(20-17-23)29(31)32/h7-8,12-13,15-18,20-23,33H,2-6,9-11,14,19,24-25H2,1H3,(H,34,35);7-8,10-14,16-17,19-20,22H,3-6,9,15,18,21H2,1-2H3,(H,31,32). The van der Waals surface area contributed by atoms with Gasteiger partial charge in [0.2, 0.25) is 0 Å². The van der Waals surface area contributed by atoms with Gasteiger partial charge in [0.05, 0.1) is 39.5 Å². The van der Waals surface area contributed by atoms with Crippen LogP contribution in [0.5, 0.6) is 5.75 Å². The number of aromatic carboxylic acids is 2. The summed E-state index contributed by atoms with van der Waals surface area (Å²) >= 11 is 0. The van der Waals surface area contributed by atoms with Crippen LogP contribution in [0.15, 0.2) is 155 Å². The number of hydrogen-bond acceptors (Lipinski definition) is 8. The Bertz CT molecular complexity index is 2870. The van der Waals surface area contributed by atoms with Crippen LogP contribution in [0.1, 0.15) is 139 Å². The predicted molar refractivity (Wildman–Crippen MR) is 299 cm³/mol. The second kappa shape index (κ2) is 30.7. The molecule has 0 heterocycles. The van der Waals surface area contributed by atoms with Gasteiger partial charge in [-0.3, -0.25) is 4.31 Å². The first-order chi connectivity index (χ1) is 35.7. The first kappa shape index (κ1) is 58.4. The molecule has 6 aromatic rings. The number of rotatable bonds is 31. The van der Waals surface area contributed by atoms with Gasteiger partial charge in [-0.1, -0.05) is 144 Å². The number of methoxy groups -OCH3 is 1. The molecular weight excluding hydrogens is 969 g/mol. The molecule has 0 aliphatic heterocycles. The lowest BCUT2D eigenvalue weighted by Gasteiger charge is -2.27. The summed E-state index contributed by atoms with van der Waals surface area (Å²) in [5.74, 6) is -1.15. The molecule has 0 atom stereocenters. The Labute approximate surface area is 441 Å². The maximum atomic E-state index is 13.9. The van der Waals surface area contributed by atoms with E-state index in [1.807, 2.05) is 72.8 Å². The van der Waals surface area contributed by atoms with Gasteiger partial charge < -0.3 is 20.3 Å². The van der Waals surface area contributed by atoms with Gasteiger partial charge in [-0.05, 0) is 146 Å². The van der Waals surface area contributed by atoms with Gasteiger partial charge in [-0.25, -0.2) is 26.4 Å². The van der Waals surface area contributed by atoms with Crippen molar-refractivity contribution in [2.75, 3.05) is 35.6 Å². The number of hydrogen-bond donors (Lipinski definition) is 3. The highest BCUT2D eigenvalue weighted by Gasteiger charge is 2.27. The molecule has 0 aliphatic rings. The zero-order valence-corrected chi connectivity index (χ0v) is 45.1. The first-order valence-electron chi connectivity index (χ1n) is 26.3. The monoisotopic (exact) mass is 1040 g/mol. The normalized spacial score (nSPS) is 11.3. The smallest absolute Gasteiger partial charge is 0.335 e. The number of carbonyl (C=O) groups is 2. The molecule has 0 fully saturated rings. The van der Waals surface area contributed by atoms with Crippen molar-refractivity contribution < 1.29 is 41.4 Å². The van der Waals surface area contributed by atoms with E-state index in [9.17, 15) is 26.4 Å². The Kier molecular flexibility index (Phi) is 24.2. The minimum absolute atomic E-state index is 0.203. The molecule has 0 spiro atoms. The summed E-state index contributed by atoms with van der Waals surface area (Å²) in [7, 11) is -5.49. The van der Waals surface area contributed by atoms with Gasteiger partial charge >= 0.3 is 11.9 Å². The van der Waals surface area contributed by atoms with Crippen molar-refractivity contribution >= 4 is 43.2 Å². The van der Waals surface area contributed by atoms with E-state index in [-0.39, 0.29) is 16.2 Å². The third-order valence-electron chi connectivity index (χ3n) is 13.1. The second-order valence-electron chi connectivity index (χ2n) is 18.7. The molecule has 13 heteroatoms. The van der Waals surface area contributed by atoms with Crippen molar-refractivity contribution in [3.8, 4) is 5.75 Å². The van der Waals surface area contributed by atoms with Crippen LogP contribution in [0, 0.1) is 0 Å². The highest BCUT2D eigenvalue weighted by atomic mass is 32.2. The molecule has 6 rings (SSSR count). The zero-order valence-electron chi connectivity index (χ0n) is 43.5. The summed E-state index contributed by atoms with van der Waals surface area (Å²) in [4.78, 5) is 22.8. The third kappa shape index (κ3) is 18.8. The SMILES string of the molecule is CCCCCCCN(c1ccccc1CCc1ccc(C(=O)O)cc1)S(=O)(=O)c1cccc(OC)c1.CCCCc1ccc(S(=O)(=O)CCCCCCCNc2ccccc2CCc2ccc(C(=O)O)cc2)cc1. The largest absolute Gasteiger partial charge is 0.497 e. The van der Waals surface area contributed by atoms with Crippen LogP contribution < -0.4 is 14.4 Å². The van der Waals surface area contributed by atoms with E-state index in [0.717, 1.165) is 119 Å². The van der Waals surface area contributed by atoms with Crippen LogP contribution >= 0.6 is 0 Å². The molecule has 0 aliphatic carbocycles. The fourth-order valence-electron chi connectivity index (χ4n) is 8.71. The molecular formula is C61H76N2O9S2. The topological polar surface area (TPSA) is 167 Å². The molecule has 0 radical (unpaired) electrons. The molecule has 74 heavy (non-hydrogen) atoms. The molecule has 396 valence electrons. The summed E-state index contributed by atoms with van der Waals surface area (Å²) < 4.78 is 59.8. The van der Waals surface area contributed by atoms with Crippen molar-refractivity contribution in [2.45, 2.75) is 133 Å². The van der Waals surface area contributed by atoms with E-state index < -0.39 is 31.8 Å². The minimum Gasteiger partial charge on any atom is -0.497 e. The maximum absolute atomic E-state index is 13.9. The van der Waals surface area contributed by atoms with Crippen molar-refractivity contribution in [1.29, 1.82) is 0 Å². The lowest BCUT2D eigenvalue weighted by Crippen LogP contribution is -2.33. The number of carboxylic acid groups (broad SMARTS) is 2. The van der Waals surface area contributed by atoms with Crippen molar-refractivity contribution in [1.82, 2.24) is 0 Å². The number of para-hydroxylation sites is 2. The average molecular weight is 1050 g/mol. The van der Waals surface area contributed by atoms with Gasteiger partial charge in [0.15, 0.2) is 9.84 Å². The number of ether oxygens (including phenoxy) is 1. The lowest BCUT2D eigenvalue weighted by molar-refractivity contribution is 0.0686. The number of aryl methyl sites for hydroxylation is 5. The minimum atomic E-state index is -3.81. The summed E-state index contributed by atoms with van der Waals surface area (Å²) in [5.41, 5.74) is 7.88. The Hall–Kier alpha value is -6.44. The fraction of sp³-hybridized carbons (Fsp3) is 0.377. The molecule has 0 aromatic heterocycles. The maximum Gasteiger partial charge on any atom is 0.335 e. The summed E-state index contributed by atoms with van der Waals surface area (Å²) in [6.07, 6.45) is 16.1.